The third-order valence-corrected chi connectivity index (χ3v) is 4.71. The molecule has 5 nitrogen and oxygen atoms in total. The molecule has 114 valence electrons. The quantitative estimate of drug-likeness (QED) is 0.412. The van der Waals surface area contributed by atoms with E-state index < -0.39 is 5.91 Å². The number of pyridine rings is 1. The van der Waals surface area contributed by atoms with Crippen LogP contribution >= 0.6 is 22.6 Å². The first-order valence-electron chi connectivity index (χ1n) is 6.99. The zero-order valence-electron chi connectivity index (χ0n) is 12.1. The summed E-state index contributed by atoms with van der Waals surface area (Å²) in [6, 6.07) is 10.2. The van der Waals surface area contributed by atoms with Gasteiger partial charge in [0, 0.05) is 6.20 Å². The minimum absolute atomic E-state index is 0.0559. The second-order valence-corrected chi connectivity index (χ2v) is 6.73. The van der Waals surface area contributed by atoms with Crippen LogP contribution in [0.25, 0.3) is 0 Å². The Morgan fingerprint density at radius 1 is 1.36 bits per heavy atom. The maximum Gasteiger partial charge on any atom is 0.276 e. The minimum Gasteiger partial charge on any atom is -0.360 e. The molecule has 1 saturated carbocycles. The van der Waals surface area contributed by atoms with Crippen molar-refractivity contribution in [3.8, 4) is 0 Å². The Kier molecular flexibility index (Phi) is 4.05. The van der Waals surface area contributed by atoms with E-state index in [9.17, 15) is 4.79 Å². The van der Waals surface area contributed by atoms with Crippen molar-refractivity contribution in [3.63, 3.8) is 0 Å². The Labute approximate surface area is 142 Å². The molecule has 1 aromatic heterocycles. The van der Waals surface area contributed by atoms with Gasteiger partial charge in [0.1, 0.15) is 5.82 Å². The molecule has 0 bridgehead atoms. The number of rotatable bonds is 4. The Morgan fingerprint density at radius 2 is 2.14 bits per heavy atom. The van der Waals surface area contributed by atoms with Crippen LogP contribution in [0.4, 0.5) is 5.82 Å². The van der Waals surface area contributed by atoms with Crippen molar-refractivity contribution >= 4 is 34.3 Å². The van der Waals surface area contributed by atoms with E-state index in [2.05, 4.69) is 64.1 Å². The molecule has 1 fully saturated rings. The van der Waals surface area contributed by atoms with Crippen molar-refractivity contribution in [3.05, 3.63) is 56.8 Å². The third kappa shape index (κ3) is 2.93. The highest BCUT2D eigenvalue weighted by molar-refractivity contribution is 14.1. The van der Waals surface area contributed by atoms with E-state index in [1.54, 1.807) is 11.5 Å². The number of hydrogen-bond acceptors (Lipinski definition) is 4. The van der Waals surface area contributed by atoms with Gasteiger partial charge in [0.25, 0.3) is 5.91 Å². The van der Waals surface area contributed by atoms with E-state index in [1.165, 1.54) is 17.3 Å². The highest BCUT2D eigenvalue weighted by Gasteiger charge is 2.45. The molecule has 1 aliphatic rings. The molecule has 3 N–H and O–H groups in total. The zero-order chi connectivity index (χ0) is 15.7. The lowest BCUT2D eigenvalue weighted by molar-refractivity contribution is 0.0706. The van der Waals surface area contributed by atoms with Gasteiger partial charge in [-0.3, -0.25) is 10.0 Å². The fourth-order valence-corrected chi connectivity index (χ4v) is 3.11. The summed E-state index contributed by atoms with van der Waals surface area (Å²) in [5.74, 6) is 0.200. The zero-order valence-corrected chi connectivity index (χ0v) is 14.2. The van der Waals surface area contributed by atoms with Crippen molar-refractivity contribution in [2.75, 3.05) is 5.32 Å². The Morgan fingerprint density at radius 3 is 2.73 bits per heavy atom. The summed E-state index contributed by atoms with van der Waals surface area (Å²) >= 11 is 2.14. The standard InChI is InChI=1S/C16H16IN3O2/c1-10-3-2-4-12(7-10)16(5-6-16)19-14-13(17)8-11(9-18-14)15(21)20-22/h2-4,7-9,22H,5-6H2,1H3,(H,18,19)(H,20,21). The summed E-state index contributed by atoms with van der Waals surface area (Å²) in [6.07, 6.45) is 3.59. The van der Waals surface area contributed by atoms with Crippen molar-refractivity contribution in [2.45, 2.75) is 25.3 Å². The Bertz CT molecular complexity index is 729. The molecule has 0 radical (unpaired) electrons. The molecule has 0 unspecified atom stereocenters. The first kappa shape index (κ1) is 15.2. The van der Waals surface area contributed by atoms with Gasteiger partial charge >= 0.3 is 0 Å². The number of hydroxylamine groups is 1. The van der Waals surface area contributed by atoms with Gasteiger partial charge in [-0.25, -0.2) is 10.5 Å². The van der Waals surface area contributed by atoms with Crippen LogP contribution in [0.5, 0.6) is 0 Å². The molecule has 1 amide bonds. The fourth-order valence-electron chi connectivity index (χ4n) is 2.50. The summed E-state index contributed by atoms with van der Waals surface area (Å²) < 4.78 is 0.845. The minimum atomic E-state index is -0.559. The van der Waals surface area contributed by atoms with Gasteiger partial charge < -0.3 is 5.32 Å². The number of nitrogens with zero attached hydrogens (tertiary/aromatic N) is 1. The lowest BCUT2D eigenvalue weighted by Crippen LogP contribution is -2.22. The largest absolute Gasteiger partial charge is 0.360 e. The van der Waals surface area contributed by atoms with Gasteiger partial charge in [-0.2, -0.15) is 0 Å². The van der Waals surface area contributed by atoms with Crippen LogP contribution in [0.1, 0.15) is 34.3 Å². The molecule has 6 heteroatoms. The molecular formula is C16H16IN3O2. The maximum absolute atomic E-state index is 11.4. The van der Waals surface area contributed by atoms with Crippen LogP contribution in [0, 0.1) is 10.5 Å². The first-order chi connectivity index (χ1) is 10.5. The Hall–Kier alpha value is -1.67. The monoisotopic (exact) mass is 409 g/mol. The predicted molar refractivity (Wildman–Crippen MR) is 91.9 cm³/mol. The third-order valence-electron chi connectivity index (χ3n) is 3.88. The van der Waals surface area contributed by atoms with Crippen LogP contribution in [-0.4, -0.2) is 16.1 Å². The van der Waals surface area contributed by atoms with Gasteiger partial charge in [0.15, 0.2) is 0 Å². The van der Waals surface area contributed by atoms with Gasteiger partial charge in [-0.1, -0.05) is 29.8 Å². The van der Waals surface area contributed by atoms with Crippen molar-refractivity contribution in [1.82, 2.24) is 10.5 Å². The van der Waals surface area contributed by atoms with Gasteiger partial charge in [0.2, 0.25) is 0 Å². The maximum atomic E-state index is 11.4. The highest BCUT2D eigenvalue weighted by atomic mass is 127. The fraction of sp³-hybridized carbons (Fsp3) is 0.250. The van der Waals surface area contributed by atoms with Crippen LogP contribution in [0.3, 0.4) is 0 Å². The smallest absolute Gasteiger partial charge is 0.276 e. The number of aromatic nitrogens is 1. The van der Waals surface area contributed by atoms with E-state index in [-0.39, 0.29) is 5.54 Å². The van der Waals surface area contributed by atoms with E-state index in [0.29, 0.717) is 5.56 Å². The second kappa shape index (κ2) is 5.85. The lowest BCUT2D eigenvalue weighted by Gasteiger charge is -2.20. The molecule has 22 heavy (non-hydrogen) atoms. The van der Waals surface area contributed by atoms with E-state index in [4.69, 9.17) is 5.21 Å². The summed E-state index contributed by atoms with van der Waals surface area (Å²) in [4.78, 5) is 15.7. The van der Waals surface area contributed by atoms with Crippen LogP contribution in [-0.2, 0) is 5.54 Å². The number of halogens is 1. The second-order valence-electron chi connectivity index (χ2n) is 5.57. The number of carbonyl (C=O) groups is 1. The molecule has 0 aliphatic heterocycles. The van der Waals surface area contributed by atoms with Crippen LogP contribution in [0.2, 0.25) is 0 Å². The molecule has 2 aromatic rings. The SMILES string of the molecule is Cc1cccc(C2(Nc3ncc(C(=O)NO)cc3I)CC2)c1. The predicted octanol–water partition coefficient (Wildman–Crippen LogP) is 3.21. The number of hydrogen-bond donors (Lipinski definition) is 3. The average molecular weight is 409 g/mol. The lowest BCUT2D eigenvalue weighted by atomic mass is 10.0. The normalized spacial score (nSPS) is 15.2. The van der Waals surface area contributed by atoms with E-state index >= 15 is 0 Å². The molecule has 1 aromatic carbocycles. The number of nitrogens with one attached hydrogen (secondary N) is 2. The molecule has 1 aliphatic carbocycles. The molecular weight excluding hydrogens is 393 g/mol. The first-order valence-corrected chi connectivity index (χ1v) is 8.07. The van der Waals surface area contributed by atoms with Crippen molar-refractivity contribution in [1.29, 1.82) is 0 Å². The van der Waals surface area contributed by atoms with Gasteiger partial charge in [0.05, 0.1) is 14.7 Å². The number of anilines is 1. The number of aryl methyl sites for hydroxylation is 1. The molecule has 1 heterocycles. The van der Waals surface area contributed by atoms with Crippen LogP contribution in [0.15, 0.2) is 36.5 Å². The van der Waals surface area contributed by atoms with Crippen molar-refractivity contribution in [2.24, 2.45) is 0 Å². The number of benzene rings is 1. The van der Waals surface area contributed by atoms with Crippen LogP contribution < -0.4 is 10.8 Å². The molecule has 3 rings (SSSR count). The molecule has 0 spiro atoms. The number of carbonyl (C=O) groups excluding carboxylic acids is 1. The van der Waals surface area contributed by atoms with E-state index in [0.717, 1.165) is 22.2 Å². The summed E-state index contributed by atoms with van der Waals surface area (Å²) in [5, 5.41) is 12.2. The summed E-state index contributed by atoms with van der Waals surface area (Å²) in [7, 11) is 0. The van der Waals surface area contributed by atoms with E-state index in [1.807, 2.05) is 0 Å². The topological polar surface area (TPSA) is 74.2 Å². The Balaban J connectivity index is 1.86. The summed E-state index contributed by atoms with van der Waals surface area (Å²) in [5.41, 5.74) is 4.40. The number of amides is 1. The highest BCUT2D eigenvalue weighted by Crippen LogP contribution is 2.48. The molecule has 0 saturated heterocycles. The van der Waals surface area contributed by atoms with Gasteiger partial charge in [-0.15, -0.1) is 0 Å². The summed E-state index contributed by atoms with van der Waals surface area (Å²) in [6.45, 7) is 2.09. The van der Waals surface area contributed by atoms with Gasteiger partial charge in [-0.05, 0) is 54.0 Å². The van der Waals surface area contributed by atoms with Crippen molar-refractivity contribution < 1.29 is 10.0 Å². The molecule has 0 atom stereocenters. The average Bonchev–Trinajstić information content (AvgIpc) is 3.29.